The van der Waals surface area contributed by atoms with E-state index >= 15 is 0 Å². The Morgan fingerprint density at radius 2 is 2.05 bits per heavy atom. The Kier molecular flexibility index (Phi) is 2.68. The zero-order chi connectivity index (χ0) is 13.2. The maximum Gasteiger partial charge on any atom is 0.364 e. The van der Waals surface area contributed by atoms with Crippen molar-refractivity contribution in [1.29, 1.82) is 0 Å². The van der Waals surface area contributed by atoms with Gasteiger partial charge in [0.15, 0.2) is 22.9 Å². The van der Waals surface area contributed by atoms with Crippen molar-refractivity contribution < 1.29 is 13.9 Å². The highest BCUT2D eigenvalue weighted by molar-refractivity contribution is 5.89. The molecule has 0 unspecified atom stereocenters. The molecule has 3 rings (SSSR count). The third kappa shape index (κ3) is 2.03. The molecule has 3 aromatic rings. The summed E-state index contributed by atoms with van der Waals surface area (Å²) >= 11 is 0. The number of aromatic nitrogens is 3. The maximum atomic E-state index is 13.4. The number of ether oxygens (including phenoxy) is 1. The van der Waals surface area contributed by atoms with Gasteiger partial charge >= 0.3 is 5.97 Å². The Balaban J connectivity index is 1.95. The van der Waals surface area contributed by atoms with Crippen LogP contribution < -0.4 is 4.74 Å². The second-order valence-corrected chi connectivity index (χ2v) is 3.76. The van der Waals surface area contributed by atoms with E-state index in [0.717, 1.165) is 0 Å². The molecule has 0 aliphatic heterocycles. The number of esters is 1. The molecule has 0 saturated heterocycles. The predicted octanol–water partition coefficient (Wildman–Crippen LogP) is 2.09. The van der Waals surface area contributed by atoms with E-state index in [0.29, 0.717) is 5.65 Å². The maximum absolute atomic E-state index is 13.4. The summed E-state index contributed by atoms with van der Waals surface area (Å²) in [6, 6.07) is 9.10. The van der Waals surface area contributed by atoms with Gasteiger partial charge in [0.2, 0.25) is 0 Å². The van der Waals surface area contributed by atoms with Crippen molar-refractivity contribution in [2.24, 2.45) is 0 Å². The van der Waals surface area contributed by atoms with Crippen LogP contribution in [-0.2, 0) is 0 Å². The van der Waals surface area contributed by atoms with Crippen LogP contribution in [0.25, 0.3) is 5.65 Å². The van der Waals surface area contributed by atoms with Gasteiger partial charge in [-0.2, -0.15) is 5.10 Å². The van der Waals surface area contributed by atoms with Gasteiger partial charge < -0.3 is 4.74 Å². The molecule has 0 aliphatic carbocycles. The lowest BCUT2D eigenvalue weighted by molar-refractivity contribution is 0.0719. The average Bonchev–Trinajstić information content (AvgIpc) is 2.85. The summed E-state index contributed by atoms with van der Waals surface area (Å²) in [4.78, 5) is 16.0. The van der Waals surface area contributed by atoms with Gasteiger partial charge in [-0.25, -0.2) is 18.7 Å². The summed E-state index contributed by atoms with van der Waals surface area (Å²) in [7, 11) is 0. The molecule has 0 amide bonds. The van der Waals surface area contributed by atoms with E-state index in [1.807, 2.05) is 0 Å². The molecule has 0 spiro atoms. The number of carbonyl (C=O) groups excluding carboxylic acids is 1. The van der Waals surface area contributed by atoms with Gasteiger partial charge in [-0.1, -0.05) is 12.1 Å². The highest BCUT2D eigenvalue weighted by atomic mass is 19.1. The highest BCUT2D eigenvalue weighted by Crippen LogP contribution is 2.17. The average molecular weight is 257 g/mol. The second-order valence-electron chi connectivity index (χ2n) is 3.76. The normalized spacial score (nSPS) is 10.6. The topological polar surface area (TPSA) is 56.5 Å². The third-order valence-corrected chi connectivity index (χ3v) is 2.53. The van der Waals surface area contributed by atoms with Gasteiger partial charge in [0.1, 0.15) is 0 Å². The van der Waals surface area contributed by atoms with Crippen molar-refractivity contribution in [2.75, 3.05) is 0 Å². The van der Waals surface area contributed by atoms with Crippen LogP contribution in [0.2, 0.25) is 0 Å². The first kappa shape index (κ1) is 11.3. The van der Waals surface area contributed by atoms with E-state index in [2.05, 4.69) is 10.1 Å². The first-order valence-corrected chi connectivity index (χ1v) is 5.51. The zero-order valence-corrected chi connectivity index (χ0v) is 9.65. The summed E-state index contributed by atoms with van der Waals surface area (Å²) in [5, 5.41) is 3.99. The SMILES string of the molecule is O=C(Oc1ccccc1F)c1cnc2cccnn12. The molecule has 2 heterocycles. The highest BCUT2D eigenvalue weighted by Gasteiger charge is 2.16. The van der Waals surface area contributed by atoms with Gasteiger partial charge in [-0.05, 0) is 24.3 Å². The van der Waals surface area contributed by atoms with Crippen molar-refractivity contribution in [3.8, 4) is 5.75 Å². The molecule has 94 valence electrons. The number of para-hydroxylation sites is 1. The smallest absolute Gasteiger partial charge is 0.364 e. The third-order valence-electron chi connectivity index (χ3n) is 2.53. The molecule has 2 aromatic heterocycles. The fourth-order valence-electron chi connectivity index (χ4n) is 1.65. The molecule has 1 aromatic carbocycles. The van der Waals surface area contributed by atoms with Crippen LogP contribution in [0.5, 0.6) is 5.75 Å². The Hall–Kier alpha value is -2.76. The predicted molar refractivity (Wildman–Crippen MR) is 64.3 cm³/mol. The summed E-state index contributed by atoms with van der Waals surface area (Å²) < 4.78 is 19.7. The van der Waals surface area contributed by atoms with Crippen LogP contribution >= 0.6 is 0 Å². The fraction of sp³-hybridized carbons (Fsp3) is 0. The number of rotatable bonds is 2. The van der Waals surface area contributed by atoms with Crippen LogP contribution in [0, 0.1) is 5.82 Å². The first-order valence-electron chi connectivity index (χ1n) is 5.51. The van der Waals surface area contributed by atoms with Gasteiger partial charge in [-0.3, -0.25) is 0 Å². The lowest BCUT2D eigenvalue weighted by Crippen LogP contribution is -2.13. The molecule has 19 heavy (non-hydrogen) atoms. The number of benzene rings is 1. The zero-order valence-electron chi connectivity index (χ0n) is 9.65. The Morgan fingerprint density at radius 3 is 2.89 bits per heavy atom. The molecular weight excluding hydrogens is 249 g/mol. The van der Waals surface area contributed by atoms with Crippen molar-refractivity contribution >= 4 is 11.6 Å². The minimum atomic E-state index is -0.712. The van der Waals surface area contributed by atoms with Gasteiger partial charge in [0, 0.05) is 6.20 Å². The quantitative estimate of drug-likeness (QED) is 0.521. The summed E-state index contributed by atoms with van der Waals surface area (Å²) in [6.07, 6.45) is 2.86. The van der Waals surface area contributed by atoms with Crippen molar-refractivity contribution in [2.45, 2.75) is 0 Å². The minimum absolute atomic E-state index is 0.126. The molecule has 6 heteroatoms. The standard InChI is InChI=1S/C13H8FN3O2/c14-9-4-1-2-5-11(9)19-13(18)10-8-15-12-6-3-7-16-17(10)12/h1-8H. The minimum Gasteiger partial charge on any atom is -0.419 e. The number of hydrogen-bond donors (Lipinski definition) is 0. The van der Waals surface area contributed by atoms with E-state index in [1.165, 1.54) is 35.1 Å². The van der Waals surface area contributed by atoms with Crippen molar-refractivity contribution in [3.63, 3.8) is 0 Å². The molecule has 5 nitrogen and oxygen atoms in total. The molecule has 0 saturated carbocycles. The van der Waals surface area contributed by atoms with Crippen molar-refractivity contribution in [3.05, 3.63) is 60.3 Å². The van der Waals surface area contributed by atoms with Crippen LogP contribution in [-0.4, -0.2) is 20.6 Å². The van der Waals surface area contributed by atoms with Crippen LogP contribution in [0.4, 0.5) is 4.39 Å². The van der Waals surface area contributed by atoms with E-state index in [1.54, 1.807) is 18.2 Å². The molecule has 0 atom stereocenters. The number of carbonyl (C=O) groups is 1. The molecule has 0 aliphatic rings. The number of imidazole rings is 1. The van der Waals surface area contributed by atoms with E-state index < -0.39 is 11.8 Å². The first-order chi connectivity index (χ1) is 9.25. The summed E-state index contributed by atoms with van der Waals surface area (Å²) in [6.45, 7) is 0. The lowest BCUT2D eigenvalue weighted by atomic mass is 10.3. The number of halogens is 1. The number of hydrogen-bond acceptors (Lipinski definition) is 4. The summed E-state index contributed by atoms with van der Waals surface area (Å²) in [5.74, 6) is -1.44. The molecule has 0 fully saturated rings. The van der Waals surface area contributed by atoms with E-state index in [-0.39, 0.29) is 11.4 Å². The second kappa shape index (κ2) is 4.49. The molecule has 0 bridgehead atoms. The fourth-order valence-corrected chi connectivity index (χ4v) is 1.65. The lowest BCUT2D eigenvalue weighted by Gasteiger charge is -2.04. The monoisotopic (exact) mass is 257 g/mol. The Labute approximate surface area is 107 Å². The summed E-state index contributed by atoms with van der Waals surface area (Å²) in [5.41, 5.74) is 0.654. The van der Waals surface area contributed by atoms with E-state index in [9.17, 15) is 9.18 Å². The largest absolute Gasteiger partial charge is 0.419 e. The Bertz CT molecular complexity index is 754. The molecule has 0 radical (unpaired) electrons. The van der Waals surface area contributed by atoms with Gasteiger partial charge in [0.25, 0.3) is 0 Å². The van der Waals surface area contributed by atoms with Gasteiger partial charge in [0.05, 0.1) is 6.20 Å². The van der Waals surface area contributed by atoms with Crippen molar-refractivity contribution in [1.82, 2.24) is 14.6 Å². The Morgan fingerprint density at radius 1 is 1.21 bits per heavy atom. The number of fused-ring (bicyclic) bond motifs is 1. The van der Waals surface area contributed by atoms with Crippen LogP contribution in [0.15, 0.2) is 48.8 Å². The van der Waals surface area contributed by atoms with Crippen LogP contribution in [0.1, 0.15) is 10.5 Å². The van der Waals surface area contributed by atoms with Gasteiger partial charge in [-0.15, -0.1) is 0 Å². The number of nitrogens with zero attached hydrogens (tertiary/aromatic N) is 3. The molecule has 0 N–H and O–H groups in total. The van der Waals surface area contributed by atoms with Crippen LogP contribution in [0.3, 0.4) is 0 Å². The molecular formula is C13H8FN3O2. The van der Waals surface area contributed by atoms with E-state index in [4.69, 9.17) is 4.74 Å².